The maximum Gasteiger partial charge on any atom is 0.243 e. The van der Waals surface area contributed by atoms with Crippen LogP contribution in [0.25, 0.3) is 11.5 Å². The first-order chi connectivity index (χ1) is 11.5. The number of hydrogen-bond donors (Lipinski definition) is 1. The lowest BCUT2D eigenvalue weighted by Crippen LogP contribution is -2.24. The number of furan rings is 1. The highest BCUT2D eigenvalue weighted by Gasteiger charge is 2.20. The number of nitrogens with one attached hydrogen (secondary N) is 1. The van der Waals surface area contributed by atoms with E-state index in [1.165, 1.54) is 6.26 Å². The van der Waals surface area contributed by atoms with Crippen LogP contribution in [0.5, 0.6) is 0 Å². The predicted octanol–water partition coefficient (Wildman–Crippen LogP) is 3.10. The first kappa shape index (κ1) is 16.3. The van der Waals surface area contributed by atoms with Crippen LogP contribution < -0.4 is 4.72 Å². The molecular weight excluding hydrogens is 338 g/mol. The quantitative estimate of drug-likeness (QED) is 0.767. The van der Waals surface area contributed by atoms with Crippen LogP contribution in [-0.4, -0.2) is 13.4 Å². The Morgan fingerprint density at radius 1 is 1.12 bits per heavy atom. The predicted molar refractivity (Wildman–Crippen MR) is 82.3 cm³/mol. The number of halogens is 2. The van der Waals surface area contributed by atoms with E-state index in [2.05, 4.69) is 9.71 Å². The van der Waals surface area contributed by atoms with E-state index < -0.39 is 26.6 Å². The SMILES string of the molecule is O=S(=O)(NCc1cccnc1-c1ccco1)c1ccc(F)cc1F. The summed E-state index contributed by atoms with van der Waals surface area (Å²) < 4.78 is 58.6. The Balaban J connectivity index is 1.86. The van der Waals surface area contributed by atoms with E-state index >= 15 is 0 Å². The molecule has 0 aliphatic carbocycles. The minimum Gasteiger partial charge on any atom is -0.463 e. The van der Waals surface area contributed by atoms with E-state index in [1.807, 2.05) is 0 Å². The Morgan fingerprint density at radius 2 is 1.96 bits per heavy atom. The fraction of sp³-hybridized carbons (Fsp3) is 0.0625. The third-order valence-corrected chi connectivity index (χ3v) is 4.72. The highest BCUT2D eigenvalue weighted by molar-refractivity contribution is 7.89. The summed E-state index contributed by atoms with van der Waals surface area (Å²) in [6.07, 6.45) is 3.03. The van der Waals surface area contributed by atoms with E-state index in [4.69, 9.17) is 4.42 Å². The fourth-order valence-corrected chi connectivity index (χ4v) is 3.22. The highest BCUT2D eigenvalue weighted by atomic mass is 32.2. The third-order valence-electron chi connectivity index (χ3n) is 3.28. The lowest BCUT2D eigenvalue weighted by molar-refractivity contribution is 0.542. The number of rotatable bonds is 5. The Kier molecular flexibility index (Phi) is 4.41. The molecule has 0 unspecified atom stereocenters. The molecule has 0 amide bonds. The van der Waals surface area contributed by atoms with Crippen LogP contribution in [0.15, 0.2) is 64.2 Å². The maximum atomic E-state index is 13.7. The minimum absolute atomic E-state index is 0.122. The minimum atomic E-state index is -4.14. The average molecular weight is 350 g/mol. The molecule has 5 nitrogen and oxygen atoms in total. The average Bonchev–Trinajstić information content (AvgIpc) is 3.07. The van der Waals surface area contributed by atoms with E-state index in [-0.39, 0.29) is 6.54 Å². The van der Waals surface area contributed by atoms with E-state index in [1.54, 1.807) is 30.5 Å². The van der Waals surface area contributed by atoms with Gasteiger partial charge in [-0.15, -0.1) is 0 Å². The Hall–Kier alpha value is -2.58. The van der Waals surface area contributed by atoms with E-state index in [0.717, 1.165) is 12.1 Å². The Bertz CT molecular complexity index is 957. The molecule has 2 heterocycles. The second kappa shape index (κ2) is 6.50. The molecule has 0 aliphatic rings. The molecule has 2 aromatic heterocycles. The molecule has 8 heteroatoms. The van der Waals surface area contributed by atoms with Crippen molar-refractivity contribution in [1.29, 1.82) is 0 Å². The van der Waals surface area contributed by atoms with Crippen molar-refractivity contribution in [2.75, 3.05) is 0 Å². The van der Waals surface area contributed by atoms with Gasteiger partial charge in [-0.25, -0.2) is 21.9 Å². The molecule has 0 saturated carbocycles. The van der Waals surface area contributed by atoms with Crippen molar-refractivity contribution in [2.24, 2.45) is 0 Å². The largest absolute Gasteiger partial charge is 0.463 e. The van der Waals surface area contributed by atoms with Crippen molar-refractivity contribution < 1.29 is 21.6 Å². The topological polar surface area (TPSA) is 72.2 Å². The zero-order valence-electron chi connectivity index (χ0n) is 12.2. The summed E-state index contributed by atoms with van der Waals surface area (Å²) in [6.45, 7) is -0.122. The standard InChI is InChI=1S/C16H12F2N2O3S/c17-12-5-6-15(13(18)9-12)24(21,22)20-10-11-3-1-7-19-16(11)14-4-2-8-23-14/h1-9,20H,10H2. The monoisotopic (exact) mass is 350 g/mol. The van der Waals surface area contributed by atoms with Crippen LogP contribution in [-0.2, 0) is 16.6 Å². The summed E-state index contributed by atoms with van der Waals surface area (Å²) >= 11 is 0. The first-order valence-electron chi connectivity index (χ1n) is 6.90. The van der Waals surface area contributed by atoms with Gasteiger partial charge in [0.05, 0.1) is 6.26 Å². The third kappa shape index (κ3) is 3.34. The molecule has 3 aromatic rings. The zero-order valence-corrected chi connectivity index (χ0v) is 13.1. The molecule has 3 rings (SSSR count). The zero-order chi connectivity index (χ0) is 17.2. The van der Waals surface area contributed by atoms with Gasteiger partial charge in [0.2, 0.25) is 10.0 Å². The van der Waals surface area contributed by atoms with Crippen LogP contribution in [0.1, 0.15) is 5.56 Å². The number of aromatic nitrogens is 1. The van der Waals surface area contributed by atoms with Crippen molar-refractivity contribution in [3.8, 4) is 11.5 Å². The molecule has 1 aromatic carbocycles. The lowest BCUT2D eigenvalue weighted by atomic mass is 10.1. The summed E-state index contributed by atoms with van der Waals surface area (Å²) in [5.41, 5.74) is 1.03. The van der Waals surface area contributed by atoms with Gasteiger partial charge in [-0.2, -0.15) is 0 Å². The van der Waals surface area contributed by atoms with Gasteiger partial charge in [-0.3, -0.25) is 4.98 Å². The molecule has 0 fully saturated rings. The van der Waals surface area contributed by atoms with Crippen molar-refractivity contribution >= 4 is 10.0 Å². The molecule has 0 spiro atoms. The summed E-state index contributed by atoms with van der Waals surface area (Å²) in [7, 11) is -4.14. The van der Waals surface area contributed by atoms with Gasteiger partial charge in [-0.1, -0.05) is 6.07 Å². The van der Waals surface area contributed by atoms with E-state index in [9.17, 15) is 17.2 Å². The van der Waals surface area contributed by atoms with Crippen LogP contribution in [0.4, 0.5) is 8.78 Å². The Morgan fingerprint density at radius 3 is 2.67 bits per heavy atom. The summed E-state index contributed by atoms with van der Waals surface area (Å²) in [5.74, 6) is -1.52. The van der Waals surface area contributed by atoms with Gasteiger partial charge in [0.25, 0.3) is 0 Å². The van der Waals surface area contributed by atoms with Crippen molar-refractivity contribution in [1.82, 2.24) is 9.71 Å². The summed E-state index contributed by atoms with van der Waals surface area (Å²) in [4.78, 5) is 3.55. The van der Waals surface area contributed by atoms with Crippen molar-refractivity contribution in [2.45, 2.75) is 11.4 Å². The fourth-order valence-electron chi connectivity index (χ4n) is 2.16. The normalized spacial score (nSPS) is 11.6. The second-order valence-corrected chi connectivity index (χ2v) is 6.62. The van der Waals surface area contributed by atoms with Gasteiger partial charge in [0.1, 0.15) is 22.2 Å². The molecule has 124 valence electrons. The van der Waals surface area contributed by atoms with Gasteiger partial charge < -0.3 is 4.42 Å². The van der Waals surface area contributed by atoms with Gasteiger partial charge >= 0.3 is 0 Å². The maximum absolute atomic E-state index is 13.7. The van der Waals surface area contributed by atoms with Crippen molar-refractivity contribution in [3.05, 3.63) is 72.1 Å². The number of hydrogen-bond acceptors (Lipinski definition) is 4. The molecule has 0 saturated heterocycles. The number of sulfonamides is 1. The van der Waals surface area contributed by atoms with E-state index in [0.29, 0.717) is 23.1 Å². The van der Waals surface area contributed by atoms with Gasteiger partial charge in [-0.05, 0) is 35.9 Å². The van der Waals surface area contributed by atoms with Crippen molar-refractivity contribution in [3.63, 3.8) is 0 Å². The van der Waals surface area contributed by atoms with Crippen LogP contribution in [0, 0.1) is 11.6 Å². The molecule has 0 aliphatic heterocycles. The molecule has 0 atom stereocenters. The number of nitrogens with zero attached hydrogens (tertiary/aromatic N) is 1. The lowest BCUT2D eigenvalue weighted by Gasteiger charge is -2.10. The van der Waals surface area contributed by atoms with Crippen LogP contribution in [0.2, 0.25) is 0 Å². The molecular formula is C16H12F2N2O3S. The van der Waals surface area contributed by atoms with Crippen LogP contribution >= 0.6 is 0 Å². The summed E-state index contributed by atoms with van der Waals surface area (Å²) in [6, 6.07) is 8.99. The summed E-state index contributed by atoms with van der Waals surface area (Å²) in [5, 5.41) is 0. The molecule has 0 bridgehead atoms. The second-order valence-electron chi connectivity index (χ2n) is 4.89. The molecule has 0 radical (unpaired) electrons. The molecule has 1 N–H and O–H groups in total. The smallest absolute Gasteiger partial charge is 0.243 e. The van der Waals surface area contributed by atoms with Gasteiger partial charge in [0.15, 0.2) is 5.76 Å². The van der Waals surface area contributed by atoms with Gasteiger partial charge in [0, 0.05) is 18.8 Å². The first-order valence-corrected chi connectivity index (χ1v) is 8.38. The highest BCUT2D eigenvalue weighted by Crippen LogP contribution is 2.22. The van der Waals surface area contributed by atoms with Crippen LogP contribution in [0.3, 0.4) is 0 Å². The Labute approximate surface area is 137 Å². The number of pyridine rings is 1. The molecule has 24 heavy (non-hydrogen) atoms. The number of benzene rings is 1.